The largest absolute Gasteiger partial charge is 0.483 e. The molecule has 182 valence electrons. The quantitative estimate of drug-likeness (QED) is 0.620. The number of likely N-dealkylation sites (tertiary alicyclic amines) is 1. The maximum absolute atomic E-state index is 12.7. The van der Waals surface area contributed by atoms with Crippen molar-refractivity contribution in [1.29, 1.82) is 0 Å². The van der Waals surface area contributed by atoms with Crippen LogP contribution in [0.3, 0.4) is 0 Å². The van der Waals surface area contributed by atoms with Crippen LogP contribution in [0.2, 0.25) is 0 Å². The molecule has 0 radical (unpaired) electrons. The van der Waals surface area contributed by atoms with E-state index in [0.717, 1.165) is 44.3 Å². The van der Waals surface area contributed by atoms with Gasteiger partial charge in [0.2, 0.25) is 15.9 Å². The Morgan fingerprint density at radius 3 is 2.24 bits per heavy atom. The Morgan fingerprint density at radius 1 is 0.941 bits per heavy atom. The molecular weight excluding hydrogens is 454 g/mol. The highest BCUT2D eigenvalue weighted by molar-refractivity contribution is 7.89. The summed E-state index contributed by atoms with van der Waals surface area (Å²) in [4.78, 5) is 26.7. The fourth-order valence-electron chi connectivity index (χ4n) is 4.32. The van der Waals surface area contributed by atoms with Crippen molar-refractivity contribution in [2.24, 2.45) is 0 Å². The third kappa shape index (κ3) is 5.77. The van der Waals surface area contributed by atoms with Crippen LogP contribution >= 0.6 is 0 Å². The van der Waals surface area contributed by atoms with Gasteiger partial charge in [-0.25, -0.2) is 8.42 Å². The Morgan fingerprint density at radius 2 is 1.59 bits per heavy atom. The van der Waals surface area contributed by atoms with Crippen molar-refractivity contribution in [3.63, 3.8) is 0 Å². The first-order valence-corrected chi connectivity index (χ1v) is 13.2. The van der Waals surface area contributed by atoms with Gasteiger partial charge in [-0.15, -0.1) is 0 Å². The molecule has 0 unspecified atom stereocenters. The molecule has 0 atom stereocenters. The van der Waals surface area contributed by atoms with Crippen molar-refractivity contribution < 1.29 is 22.7 Å². The Balaban J connectivity index is 1.28. The summed E-state index contributed by atoms with van der Waals surface area (Å²) in [5, 5.41) is 2.78. The number of carbonyl (C=O) groups is 2. The van der Waals surface area contributed by atoms with E-state index in [4.69, 9.17) is 4.74 Å². The van der Waals surface area contributed by atoms with Crippen LogP contribution in [0.1, 0.15) is 36.8 Å². The first-order chi connectivity index (χ1) is 16.3. The Hall–Kier alpha value is -2.91. The lowest BCUT2D eigenvalue weighted by Gasteiger charge is -2.17. The predicted octanol–water partition coefficient (Wildman–Crippen LogP) is 2.96. The molecule has 2 saturated heterocycles. The molecule has 0 bridgehead atoms. The van der Waals surface area contributed by atoms with E-state index < -0.39 is 10.0 Å². The van der Waals surface area contributed by atoms with Crippen LogP contribution in [0.4, 0.5) is 5.69 Å². The predicted molar refractivity (Wildman–Crippen MR) is 129 cm³/mol. The normalized spacial score (nSPS) is 16.6. The van der Waals surface area contributed by atoms with Crippen LogP contribution in [-0.4, -0.2) is 62.2 Å². The molecule has 0 aliphatic carbocycles. The van der Waals surface area contributed by atoms with Crippen molar-refractivity contribution in [2.45, 2.75) is 43.9 Å². The second kappa shape index (κ2) is 10.6. The number of benzene rings is 2. The van der Waals surface area contributed by atoms with Crippen LogP contribution in [0.25, 0.3) is 0 Å². The molecule has 2 aromatic carbocycles. The minimum absolute atomic E-state index is 0.136. The molecule has 2 aromatic rings. The number of ether oxygens (including phenoxy) is 1. The zero-order valence-electron chi connectivity index (χ0n) is 19.5. The number of sulfonamides is 1. The zero-order valence-corrected chi connectivity index (χ0v) is 20.3. The molecule has 2 aliphatic heterocycles. The molecule has 0 saturated carbocycles. The van der Waals surface area contributed by atoms with E-state index >= 15 is 0 Å². The van der Waals surface area contributed by atoms with Gasteiger partial charge < -0.3 is 15.0 Å². The number of nitrogens with one attached hydrogen (secondary N) is 1. The topological polar surface area (TPSA) is 96.0 Å². The minimum atomic E-state index is -3.49. The van der Waals surface area contributed by atoms with Crippen LogP contribution in [0, 0.1) is 6.92 Å². The molecule has 0 spiro atoms. The van der Waals surface area contributed by atoms with Gasteiger partial charge in [-0.1, -0.05) is 12.1 Å². The molecule has 2 amide bonds. The number of anilines is 1. The summed E-state index contributed by atoms with van der Waals surface area (Å²) in [6.45, 7) is 4.34. The lowest BCUT2D eigenvalue weighted by Crippen LogP contribution is -2.29. The average molecular weight is 486 g/mol. The second-order valence-electron chi connectivity index (χ2n) is 8.84. The van der Waals surface area contributed by atoms with E-state index in [1.165, 1.54) is 10.4 Å². The maximum atomic E-state index is 12.7. The molecule has 4 rings (SSSR count). The summed E-state index contributed by atoms with van der Waals surface area (Å²) < 4.78 is 32.6. The molecule has 1 N–H and O–H groups in total. The van der Waals surface area contributed by atoms with Gasteiger partial charge in [0.1, 0.15) is 5.75 Å². The monoisotopic (exact) mass is 485 g/mol. The van der Waals surface area contributed by atoms with E-state index in [2.05, 4.69) is 5.32 Å². The zero-order chi connectivity index (χ0) is 24.1. The molecular formula is C25H31N3O5S. The van der Waals surface area contributed by atoms with Gasteiger partial charge in [-0.3, -0.25) is 9.59 Å². The van der Waals surface area contributed by atoms with Crippen molar-refractivity contribution in [2.75, 3.05) is 38.1 Å². The standard InChI is InChI=1S/C25H31N3O5S/c1-19-16-22(34(31,32)28-14-4-5-15-28)10-11-23(19)33-18-24(29)26-21-8-6-20(7-9-21)17-25(30)27-12-2-3-13-27/h6-11,16H,2-5,12-15,17-18H2,1H3,(H,26,29). The van der Waals surface area contributed by atoms with Crippen molar-refractivity contribution >= 4 is 27.5 Å². The summed E-state index contributed by atoms with van der Waals surface area (Å²) in [6, 6.07) is 11.9. The fourth-order valence-corrected chi connectivity index (χ4v) is 5.92. The van der Waals surface area contributed by atoms with E-state index in [9.17, 15) is 18.0 Å². The smallest absolute Gasteiger partial charge is 0.262 e. The van der Waals surface area contributed by atoms with Crippen LogP contribution < -0.4 is 10.1 Å². The van der Waals surface area contributed by atoms with Gasteiger partial charge in [0.05, 0.1) is 11.3 Å². The van der Waals surface area contributed by atoms with Crippen LogP contribution in [0.15, 0.2) is 47.4 Å². The molecule has 8 nitrogen and oxygen atoms in total. The van der Waals surface area contributed by atoms with Gasteiger partial charge in [0, 0.05) is 31.9 Å². The van der Waals surface area contributed by atoms with Crippen molar-refractivity contribution in [3.8, 4) is 5.75 Å². The van der Waals surface area contributed by atoms with Gasteiger partial charge in [-0.05, 0) is 74.1 Å². The Kier molecular flexibility index (Phi) is 7.53. The lowest BCUT2D eigenvalue weighted by molar-refractivity contribution is -0.129. The number of aryl methyl sites for hydroxylation is 1. The van der Waals surface area contributed by atoms with E-state index in [-0.39, 0.29) is 23.3 Å². The number of hydrogen-bond donors (Lipinski definition) is 1. The molecule has 2 heterocycles. The van der Waals surface area contributed by atoms with E-state index in [1.54, 1.807) is 31.2 Å². The highest BCUT2D eigenvalue weighted by Crippen LogP contribution is 2.26. The van der Waals surface area contributed by atoms with E-state index in [0.29, 0.717) is 36.5 Å². The van der Waals surface area contributed by atoms with Crippen molar-refractivity contribution in [1.82, 2.24) is 9.21 Å². The summed E-state index contributed by atoms with van der Waals surface area (Å²) in [5.74, 6) is 0.276. The average Bonchev–Trinajstić information content (AvgIpc) is 3.54. The lowest BCUT2D eigenvalue weighted by atomic mass is 10.1. The Labute approximate surface area is 200 Å². The molecule has 34 heavy (non-hydrogen) atoms. The van der Waals surface area contributed by atoms with E-state index in [1.807, 2.05) is 17.0 Å². The second-order valence-corrected chi connectivity index (χ2v) is 10.8. The summed E-state index contributed by atoms with van der Waals surface area (Å²) in [6.07, 6.45) is 4.27. The molecule has 0 aromatic heterocycles. The van der Waals surface area contributed by atoms with Gasteiger partial charge in [0.15, 0.2) is 6.61 Å². The number of hydrogen-bond acceptors (Lipinski definition) is 5. The number of nitrogens with zero attached hydrogens (tertiary/aromatic N) is 2. The highest BCUT2D eigenvalue weighted by Gasteiger charge is 2.27. The third-order valence-electron chi connectivity index (χ3n) is 6.26. The molecule has 9 heteroatoms. The molecule has 2 aliphatic rings. The SMILES string of the molecule is Cc1cc(S(=O)(=O)N2CCCC2)ccc1OCC(=O)Nc1ccc(CC(=O)N2CCCC2)cc1. The number of amides is 2. The number of rotatable bonds is 8. The minimum Gasteiger partial charge on any atom is -0.483 e. The fraction of sp³-hybridized carbons (Fsp3) is 0.440. The van der Waals surface area contributed by atoms with Crippen LogP contribution in [0.5, 0.6) is 5.75 Å². The first kappa shape index (κ1) is 24.2. The summed E-state index contributed by atoms with van der Waals surface area (Å²) in [7, 11) is -3.49. The van der Waals surface area contributed by atoms with Gasteiger partial charge in [0.25, 0.3) is 5.91 Å². The Bertz CT molecular complexity index is 1140. The highest BCUT2D eigenvalue weighted by atomic mass is 32.2. The summed E-state index contributed by atoms with van der Waals surface area (Å²) >= 11 is 0. The van der Waals surface area contributed by atoms with Gasteiger partial charge >= 0.3 is 0 Å². The van der Waals surface area contributed by atoms with Crippen LogP contribution in [-0.2, 0) is 26.0 Å². The third-order valence-corrected chi connectivity index (χ3v) is 8.15. The van der Waals surface area contributed by atoms with Gasteiger partial charge in [-0.2, -0.15) is 4.31 Å². The molecule has 2 fully saturated rings. The first-order valence-electron chi connectivity index (χ1n) is 11.7. The summed E-state index contributed by atoms with van der Waals surface area (Å²) in [5.41, 5.74) is 2.18. The van der Waals surface area contributed by atoms with Crippen molar-refractivity contribution in [3.05, 3.63) is 53.6 Å². The maximum Gasteiger partial charge on any atom is 0.262 e. The number of carbonyl (C=O) groups excluding carboxylic acids is 2.